The van der Waals surface area contributed by atoms with Gasteiger partial charge in [-0.1, -0.05) is 35.6 Å². The molecule has 10 heteroatoms. The Balaban J connectivity index is 1.67. The monoisotopic (exact) mass is 493 g/mol. The third-order valence-electron chi connectivity index (χ3n) is 5.39. The van der Waals surface area contributed by atoms with Crippen molar-refractivity contribution < 1.29 is 24.5 Å². The van der Waals surface area contributed by atoms with Gasteiger partial charge in [-0.05, 0) is 43.7 Å². The predicted molar refractivity (Wildman–Crippen MR) is 130 cm³/mol. The first-order chi connectivity index (χ1) is 16.4. The number of benzene rings is 2. The van der Waals surface area contributed by atoms with Gasteiger partial charge in [0.05, 0.1) is 34.1 Å². The number of phenolic OH excluding ortho intramolecular Hbond substituents is 1. The number of fused-ring (bicyclic) bond motifs is 1. The molecular formula is C24H19N3O5S2. The summed E-state index contributed by atoms with van der Waals surface area (Å²) in [5.74, 6) is -1.51. The molecule has 1 aliphatic rings. The molecule has 0 aliphatic carbocycles. The Morgan fingerprint density at radius 1 is 1.09 bits per heavy atom. The molecule has 1 aliphatic heterocycles. The number of aliphatic hydroxyl groups excluding tert-OH is 1. The van der Waals surface area contributed by atoms with E-state index in [1.165, 1.54) is 28.4 Å². The van der Waals surface area contributed by atoms with E-state index in [-0.39, 0.29) is 17.5 Å². The molecule has 2 aromatic carbocycles. The van der Waals surface area contributed by atoms with Crippen molar-refractivity contribution in [2.24, 2.45) is 0 Å². The van der Waals surface area contributed by atoms with Crippen molar-refractivity contribution in [2.45, 2.75) is 19.9 Å². The molecule has 172 valence electrons. The molecule has 0 unspecified atom stereocenters. The first-order valence-corrected chi connectivity index (χ1v) is 12.1. The molecule has 1 amide bonds. The summed E-state index contributed by atoms with van der Waals surface area (Å²) in [7, 11) is 0. The highest BCUT2D eigenvalue weighted by atomic mass is 32.1. The number of ether oxygens (including phenoxy) is 1. The Morgan fingerprint density at radius 3 is 2.53 bits per heavy atom. The van der Waals surface area contributed by atoms with Crippen molar-refractivity contribution in [1.29, 1.82) is 0 Å². The molecule has 1 atom stereocenters. The number of para-hydroxylation sites is 1. The summed E-state index contributed by atoms with van der Waals surface area (Å²) in [5.41, 5.74) is 2.19. The maximum atomic E-state index is 13.4. The summed E-state index contributed by atoms with van der Waals surface area (Å²) in [6.45, 7) is 3.60. The van der Waals surface area contributed by atoms with E-state index in [2.05, 4.69) is 9.97 Å². The molecule has 2 aromatic heterocycles. The number of aryl methyl sites for hydroxylation is 1. The zero-order chi connectivity index (χ0) is 24.0. The van der Waals surface area contributed by atoms with Gasteiger partial charge in [0, 0.05) is 0 Å². The molecule has 4 aromatic rings. The van der Waals surface area contributed by atoms with E-state index >= 15 is 0 Å². The molecule has 8 nitrogen and oxygen atoms in total. The average molecular weight is 494 g/mol. The summed E-state index contributed by atoms with van der Waals surface area (Å²) in [6, 6.07) is 13.2. The Kier molecular flexibility index (Phi) is 5.54. The number of carbonyl (C=O) groups excluding carboxylic acids is 2. The molecule has 3 heterocycles. The van der Waals surface area contributed by atoms with Gasteiger partial charge >= 0.3 is 5.97 Å². The van der Waals surface area contributed by atoms with E-state index in [1.54, 1.807) is 26.0 Å². The Labute approximate surface area is 202 Å². The predicted octanol–water partition coefficient (Wildman–Crippen LogP) is 5.00. The summed E-state index contributed by atoms with van der Waals surface area (Å²) in [6.07, 6.45) is 0. The quantitative estimate of drug-likeness (QED) is 0.376. The number of hydrogen-bond acceptors (Lipinski definition) is 9. The molecule has 34 heavy (non-hydrogen) atoms. The van der Waals surface area contributed by atoms with Crippen molar-refractivity contribution in [1.82, 2.24) is 9.97 Å². The van der Waals surface area contributed by atoms with E-state index in [4.69, 9.17) is 4.74 Å². The summed E-state index contributed by atoms with van der Waals surface area (Å²) in [4.78, 5) is 36.5. The van der Waals surface area contributed by atoms with Gasteiger partial charge < -0.3 is 14.9 Å². The number of thiazole rings is 2. The maximum Gasteiger partial charge on any atom is 0.350 e. The molecule has 0 spiro atoms. The highest BCUT2D eigenvalue weighted by Crippen LogP contribution is 2.48. The van der Waals surface area contributed by atoms with Crippen molar-refractivity contribution in [3.63, 3.8) is 0 Å². The largest absolute Gasteiger partial charge is 0.508 e. The molecule has 0 saturated carbocycles. The zero-order valence-corrected chi connectivity index (χ0v) is 19.8. The van der Waals surface area contributed by atoms with Crippen molar-refractivity contribution >= 4 is 55.5 Å². The number of anilines is 1. The van der Waals surface area contributed by atoms with Gasteiger partial charge in [0.15, 0.2) is 10.9 Å². The van der Waals surface area contributed by atoms with E-state index in [0.717, 1.165) is 21.6 Å². The van der Waals surface area contributed by atoms with Crippen molar-refractivity contribution in [3.05, 3.63) is 75.4 Å². The van der Waals surface area contributed by atoms with E-state index < -0.39 is 23.7 Å². The van der Waals surface area contributed by atoms with Crippen LogP contribution in [-0.4, -0.2) is 38.7 Å². The van der Waals surface area contributed by atoms with Crippen LogP contribution in [0, 0.1) is 6.92 Å². The lowest BCUT2D eigenvalue weighted by atomic mass is 10.00. The van der Waals surface area contributed by atoms with Gasteiger partial charge in [0.2, 0.25) is 0 Å². The van der Waals surface area contributed by atoms with Gasteiger partial charge in [-0.25, -0.2) is 14.8 Å². The lowest BCUT2D eigenvalue weighted by Gasteiger charge is -2.24. The fourth-order valence-corrected chi connectivity index (χ4v) is 5.87. The zero-order valence-electron chi connectivity index (χ0n) is 18.2. The van der Waals surface area contributed by atoms with Crippen LogP contribution in [0.5, 0.6) is 5.75 Å². The normalized spacial score (nSPS) is 16.0. The second kappa shape index (κ2) is 8.54. The molecule has 0 saturated heterocycles. The topological polar surface area (TPSA) is 113 Å². The number of nitrogens with zero attached hydrogens (tertiary/aromatic N) is 3. The minimum atomic E-state index is -0.755. The van der Waals surface area contributed by atoms with Crippen LogP contribution in [0.25, 0.3) is 15.8 Å². The van der Waals surface area contributed by atoms with E-state index in [0.29, 0.717) is 26.7 Å². The molecule has 0 bridgehead atoms. The average Bonchev–Trinajstić information content (AvgIpc) is 3.48. The Morgan fingerprint density at radius 2 is 1.82 bits per heavy atom. The fraction of sp³-hybridized carbons (Fsp3) is 0.167. The van der Waals surface area contributed by atoms with Crippen LogP contribution in [0.1, 0.15) is 38.9 Å². The maximum absolute atomic E-state index is 13.4. The second-order valence-electron chi connectivity index (χ2n) is 7.55. The standard InChI is InChI=1S/C24H19N3O5S2/c1-3-32-23(31)20-12(2)25-24(34-20)27-18(13-8-10-14(28)11-9-13)17(19(29)22(27)30)21-26-15-6-4-5-7-16(15)33-21/h4-11,18,28-29H,3H2,1-2H3/t18-/m1/s1. The Bertz CT molecular complexity index is 1420. The summed E-state index contributed by atoms with van der Waals surface area (Å²) in [5, 5.41) is 21.6. The lowest BCUT2D eigenvalue weighted by Crippen LogP contribution is -2.30. The van der Waals surface area contributed by atoms with Gasteiger partial charge in [0.25, 0.3) is 5.91 Å². The second-order valence-corrected chi connectivity index (χ2v) is 9.56. The fourth-order valence-electron chi connectivity index (χ4n) is 3.85. The number of esters is 1. The number of rotatable bonds is 5. The Hall–Kier alpha value is -3.76. The SMILES string of the molecule is CCOC(=O)c1sc(N2C(=O)C(O)=C(c3nc4ccccc4s3)[C@H]2c2ccc(O)cc2)nc1C. The van der Waals surface area contributed by atoms with Crippen LogP contribution in [0.4, 0.5) is 5.13 Å². The van der Waals surface area contributed by atoms with E-state index in [1.807, 2.05) is 24.3 Å². The van der Waals surface area contributed by atoms with Crippen LogP contribution >= 0.6 is 22.7 Å². The number of aromatic nitrogens is 2. The van der Waals surface area contributed by atoms with Crippen LogP contribution in [0.3, 0.4) is 0 Å². The number of phenols is 1. The number of aromatic hydroxyl groups is 1. The minimum absolute atomic E-state index is 0.0732. The van der Waals surface area contributed by atoms with E-state index in [9.17, 15) is 19.8 Å². The molecule has 0 radical (unpaired) electrons. The van der Waals surface area contributed by atoms with Crippen molar-refractivity contribution in [3.8, 4) is 5.75 Å². The van der Waals surface area contributed by atoms with Crippen LogP contribution in [-0.2, 0) is 9.53 Å². The molecule has 5 rings (SSSR count). The first-order valence-electron chi connectivity index (χ1n) is 10.4. The third kappa shape index (κ3) is 3.61. The minimum Gasteiger partial charge on any atom is -0.508 e. The van der Waals surface area contributed by atoms with Gasteiger partial charge in [-0.2, -0.15) is 0 Å². The van der Waals surface area contributed by atoms with Crippen LogP contribution < -0.4 is 4.90 Å². The molecule has 2 N–H and O–H groups in total. The summed E-state index contributed by atoms with van der Waals surface area (Å²) >= 11 is 2.40. The van der Waals surface area contributed by atoms with Gasteiger partial charge in [-0.3, -0.25) is 9.69 Å². The highest BCUT2D eigenvalue weighted by Gasteiger charge is 2.45. The summed E-state index contributed by atoms with van der Waals surface area (Å²) < 4.78 is 6.03. The molecule has 0 fully saturated rings. The van der Waals surface area contributed by atoms with Crippen molar-refractivity contribution in [2.75, 3.05) is 11.5 Å². The van der Waals surface area contributed by atoms with Crippen LogP contribution in [0.2, 0.25) is 0 Å². The first kappa shape index (κ1) is 22.1. The number of carbonyl (C=O) groups is 2. The highest BCUT2D eigenvalue weighted by molar-refractivity contribution is 7.19. The number of hydrogen-bond donors (Lipinski definition) is 2. The van der Waals surface area contributed by atoms with Gasteiger partial charge in [0.1, 0.15) is 15.6 Å². The number of amides is 1. The smallest absolute Gasteiger partial charge is 0.350 e. The molecular weight excluding hydrogens is 474 g/mol. The van der Waals surface area contributed by atoms with Gasteiger partial charge in [-0.15, -0.1) is 11.3 Å². The number of aliphatic hydroxyl groups is 1. The third-order valence-corrected chi connectivity index (χ3v) is 7.60. The lowest BCUT2D eigenvalue weighted by molar-refractivity contribution is -0.117. The van der Waals surface area contributed by atoms with Crippen LogP contribution in [0.15, 0.2) is 54.3 Å².